The summed E-state index contributed by atoms with van der Waals surface area (Å²) < 4.78 is 7.16. The number of aromatic nitrogens is 1. The molecule has 1 spiro atoms. The fourth-order valence-corrected chi connectivity index (χ4v) is 4.71. The SMILES string of the molecule is O=C1Nc2ncccc2C12CCN(c1ccc(I)c(Oc3ccccc3)c1)CC2. The molecule has 5 rings (SSSR count). The number of halogens is 1. The van der Waals surface area contributed by atoms with Gasteiger partial charge in [-0.3, -0.25) is 4.79 Å². The molecule has 1 saturated heterocycles. The zero-order valence-electron chi connectivity index (χ0n) is 15.8. The Morgan fingerprint density at radius 1 is 1.03 bits per heavy atom. The lowest BCUT2D eigenvalue weighted by atomic mass is 9.74. The van der Waals surface area contributed by atoms with Crippen LogP contribution in [0.5, 0.6) is 11.5 Å². The minimum Gasteiger partial charge on any atom is -0.456 e. The fraction of sp³-hybridized carbons (Fsp3) is 0.217. The molecule has 6 heteroatoms. The maximum absolute atomic E-state index is 12.8. The number of anilines is 2. The molecule has 0 unspecified atom stereocenters. The second-order valence-electron chi connectivity index (χ2n) is 7.45. The van der Waals surface area contributed by atoms with Gasteiger partial charge in [-0.15, -0.1) is 0 Å². The topological polar surface area (TPSA) is 54.5 Å². The number of nitrogens with zero attached hydrogens (tertiary/aromatic N) is 2. The Bertz CT molecular complexity index is 1060. The first kappa shape index (κ1) is 18.4. The van der Waals surface area contributed by atoms with Gasteiger partial charge < -0.3 is 15.0 Å². The van der Waals surface area contributed by atoms with Crippen molar-refractivity contribution in [1.29, 1.82) is 0 Å². The van der Waals surface area contributed by atoms with Crippen molar-refractivity contribution in [2.24, 2.45) is 0 Å². The van der Waals surface area contributed by atoms with Gasteiger partial charge in [0.2, 0.25) is 5.91 Å². The summed E-state index contributed by atoms with van der Waals surface area (Å²) in [7, 11) is 0. The van der Waals surface area contributed by atoms with E-state index in [2.05, 4.69) is 56.0 Å². The van der Waals surface area contributed by atoms with E-state index in [0.29, 0.717) is 0 Å². The number of carbonyl (C=O) groups excluding carboxylic acids is 1. The van der Waals surface area contributed by atoms with Crippen LogP contribution in [0.25, 0.3) is 0 Å². The van der Waals surface area contributed by atoms with E-state index >= 15 is 0 Å². The second-order valence-corrected chi connectivity index (χ2v) is 8.61. The van der Waals surface area contributed by atoms with E-state index in [0.717, 1.165) is 58.1 Å². The van der Waals surface area contributed by atoms with E-state index in [-0.39, 0.29) is 5.91 Å². The third-order valence-corrected chi connectivity index (χ3v) is 6.75. The van der Waals surface area contributed by atoms with Crippen LogP contribution in [0.1, 0.15) is 18.4 Å². The number of ether oxygens (including phenoxy) is 1. The zero-order valence-corrected chi connectivity index (χ0v) is 17.9. The summed E-state index contributed by atoms with van der Waals surface area (Å²) in [5.74, 6) is 2.48. The van der Waals surface area contributed by atoms with Crippen molar-refractivity contribution >= 4 is 40.0 Å². The minimum absolute atomic E-state index is 0.0848. The van der Waals surface area contributed by atoms with Gasteiger partial charge >= 0.3 is 0 Å². The molecule has 0 aliphatic carbocycles. The van der Waals surface area contributed by atoms with Gasteiger partial charge in [0.1, 0.15) is 17.3 Å². The van der Waals surface area contributed by atoms with Crippen molar-refractivity contribution in [3.05, 3.63) is 76.0 Å². The number of hydrogen-bond donors (Lipinski definition) is 1. The lowest BCUT2D eigenvalue weighted by Gasteiger charge is -2.39. The molecule has 2 aromatic carbocycles. The first-order valence-electron chi connectivity index (χ1n) is 9.70. The predicted octanol–water partition coefficient (Wildman–Crippen LogP) is 4.97. The Morgan fingerprint density at radius 2 is 1.83 bits per heavy atom. The summed E-state index contributed by atoms with van der Waals surface area (Å²) in [4.78, 5) is 19.4. The molecule has 146 valence electrons. The quantitative estimate of drug-likeness (QED) is 0.520. The van der Waals surface area contributed by atoms with E-state index < -0.39 is 5.41 Å². The Morgan fingerprint density at radius 3 is 2.62 bits per heavy atom. The van der Waals surface area contributed by atoms with E-state index in [9.17, 15) is 4.79 Å². The largest absolute Gasteiger partial charge is 0.456 e. The van der Waals surface area contributed by atoms with Crippen molar-refractivity contribution in [2.75, 3.05) is 23.3 Å². The summed E-state index contributed by atoms with van der Waals surface area (Å²) in [5, 5.41) is 2.97. The highest BCUT2D eigenvalue weighted by molar-refractivity contribution is 14.1. The van der Waals surface area contributed by atoms with Gasteiger partial charge in [0.05, 0.1) is 8.99 Å². The van der Waals surface area contributed by atoms with Crippen LogP contribution in [0.15, 0.2) is 66.9 Å². The molecule has 1 N–H and O–H groups in total. The number of carbonyl (C=O) groups is 1. The molecule has 0 radical (unpaired) electrons. The van der Waals surface area contributed by atoms with Crippen LogP contribution in [-0.2, 0) is 10.2 Å². The van der Waals surface area contributed by atoms with Crippen LogP contribution >= 0.6 is 22.6 Å². The second kappa shape index (κ2) is 7.33. The van der Waals surface area contributed by atoms with Crippen molar-refractivity contribution < 1.29 is 9.53 Å². The van der Waals surface area contributed by atoms with Gasteiger partial charge in [-0.25, -0.2) is 4.98 Å². The molecule has 3 heterocycles. The average molecular weight is 497 g/mol. The maximum Gasteiger partial charge on any atom is 0.236 e. The van der Waals surface area contributed by atoms with Crippen molar-refractivity contribution in [3.63, 3.8) is 0 Å². The summed E-state index contributed by atoms with van der Waals surface area (Å²) in [6, 6.07) is 20.1. The van der Waals surface area contributed by atoms with Gasteiger partial charge in [-0.2, -0.15) is 0 Å². The van der Waals surface area contributed by atoms with Crippen LogP contribution < -0.4 is 15.0 Å². The Balaban J connectivity index is 1.36. The molecular weight excluding hydrogens is 477 g/mol. The molecule has 1 amide bonds. The molecule has 3 aromatic rings. The number of rotatable bonds is 3. The third kappa shape index (κ3) is 3.25. The first-order chi connectivity index (χ1) is 14.2. The molecule has 0 bridgehead atoms. The first-order valence-corrected chi connectivity index (χ1v) is 10.8. The molecule has 1 aromatic heterocycles. The van der Waals surface area contributed by atoms with E-state index in [1.54, 1.807) is 6.20 Å². The van der Waals surface area contributed by atoms with Gasteiger partial charge in [0.25, 0.3) is 0 Å². The lowest BCUT2D eigenvalue weighted by molar-refractivity contribution is -0.121. The van der Waals surface area contributed by atoms with Crippen LogP contribution in [-0.4, -0.2) is 24.0 Å². The minimum atomic E-state index is -0.452. The predicted molar refractivity (Wildman–Crippen MR) is 122 cm³/mol. The molecule has 2 aliphatic rings. The average Bonchev–Trinajstić information content (AvgIpc) is 3.02. The fourth-order valence-electron chi connectivity index (χ4n) is 4.27. The van der Waals surface area contributed by atoms with Crippen LogP contribution in [0.2, 0.25) is 0 Å². The van der Waals surface area contributed by atoms with Crippen molar-refractivity contribution in [2.45, 2.75) is 18.3 Å². The Labute approximate surface area is 183 Å². The third-order valence-electron chi connectivity index (χ3n) is 5.86. The number of para-hydroxylation sites is 1. The van der Waals surface area contributed by atoms with Crippen LogP contribution in [0, 0.1) is 3.57 Å². The molecule has 5 nitrogen and oxygen atoms in total. The molecule has 1 fully saturated rings. The number of hydrogen-bond acceptors (Lipinski definition) is 4. The summed E-state index contributed by atoms with van der Waals surface area (Å²) in [5.41, 5.74) is 1.71. The van der Waals surface area contributed by atoms with E-state index in [1.165, 1.54) is 0 Å². The van der Waals surface area contributed by atoms with Crippen LogP contribution in [0.3, 0.4) is 0 Å². The highest BCUT2D eigenvalue weighted by Crippen LogP contribution is 2.44. The Kier molecular flexibility index (Phi) is 4.66. The zero-order chi connectivity index (χ0) is 19.8. The number of fused-ring (bicyclic) bond motifs is 2. The summed E-state index contributed by atoms with van der Waals surface area (Å²) in [6.45, 7) is 1.63. The summed E-state index contributed by atoms with van der Waals surface area (Å²) >= 11 is 2.30. The van der Waals surface area contributed by atoms with Crippen molar-refractivity contribution in [1.82, 2.24) is 4.98 Å². The van der Waals surface area contributed by atoms with Crippen LogP contribution in [0.4, 0.5) is 11.5 Å². The smallest absolute Gasteiger partial charge is 0.236 e. The molecular formula is C23H20IN3O2. The Hall–Kier alpha value is -2.61. The standard InChI is InChI=1S/C23H20IN3O2/c24-19-9-8-16(15-20(19)29-17-5-2-1-3-6-17)27-13-10-23(11-14-27)18-7-4-12-25-21(18)26-22(23)28/h1-9,12,15H,10-11,13-14H2,(H,25,26,28). The highest BCUT2D eigenvalue weighted by atomic mass is 127. The number of amides is 1. The number of benzene rings is 2. The number of pyridine rings is 1. The number of nitrogens with one attached hydrogen (secondary N) is 1. The van der Waals surface area contributed by atoms with Gasteiger partial charge in [-0.05, 0) is 65.8 Å². The van der Waals surface area contributed by atoms with Gasteiger partial charge in [0.15, 0.2) is 0 Å². The molecule has 0 saturated carbocycles. The van der Waals surface area contributed by atoms with Gasteiger partial charge in [-0.1, -0.05) is 24.3 Å². The molecule has 29 heavy (non-hydrogen) atoms. The van der Waals surface area contributed by atoms with E-state index in [1.807, 2.05) is 42.5 Å². The summed E-state index contributed by atoms with van der Waals surface area (Å²) in [6.07, 6.45) is 3.28. The number of piperidine rings is 1. The maximum atomic E-state index is 12.8. The normalized spacial score (nSPS) is 17.1. The lowest BCUT2D eigenvalue weighted by Crippen LogP contribution is -2.46. The molecule has 2 aliphatic heterocycles. The van der Waals surface area contributed by atoms with E-state index in [4.69, 9.17) is 4.74 Å². The molecule has 0 atom stereocenters. The monoisotopic (exact) mass is 497 g/mol. The van der Waals surface area contributed by atoms with Gasteiger partial charge in [0, 0.05) is 36.6 Å². The highest BCUT2D eigenvalue weighted by Gasteiger charge is 2.49. The van der Waals surface area contributed by atoms with Crippen molar-refractivity contribution in [3.8, 4) is 11.5 Å².